The zero-order valence-electron chi connectivity index (χ0n) is 12.4. The highest BCUT2D eigenvalue weighted by molar-refractivity contribution is 5.02. The van der Waals surface area contributed by atoms with Crippen LogP contribution in [0, 0.1) is 6.92 Å². The molecule has 126 valence electrons. The van der Waals surface area contributed by atoms with Crippen molar-refractivity contribution in [3.05, 3.63) is 57.6 Å². The standard InChI is InChI=1S/C10H14N2O5.C4H4O2/c1-5-3-12(10(16)11-9(5)15)8-2-6(14)7(4-13)17-8;1-2-6-4-3-5-1/h3,6-8,13-14H,2,4H2,1H3,(H,11,15,16);1-4H/t6-,7+,8+;/m0./s1. The van der Waals surface area contributed by atoms with Crippen molar-refractivity contribution in [1.29, 1.82) is 0 Å². The first kappa shape index (κ1) is 17.0. The minimum atomic E-state index is -0.816. The van der Waals surface area contributed by atoms with Crippen LogP contribution in [0.3, 0.4) is 0 Å². The Kier molecular flexibility index (Phi) is 5.74. The Balaban J connectivity index is 0.000000268. The molecule has 3 heterocycles. The van der Waals surface area contributed by atoms with Crippen molar-refractivity contribution in [3.63, 3.8) is 0 Å². The maximum atomic E-state index is 11.6. The topological polar surface area (TPSA) is 123 Å². The van der Waals surface area contributed by atoms with Gasteiger partial charge < -0.3 is 24.4 Å². The van der Waals surface area contributed by atoms with Gasteiger partial charge in [-0.3, -0.25) is 14.3 Å². The second kappa shape index (κ2) is 7.77. The van der Waals surface area contributed by atoms with Gasteiger partial charge in [-0.2, -0.15) is 0 Å². The van der Waals surface area contributed by atoms with Gasteiger partial charge in [-0.1, -0.05) is 0 Å². The molecule has 0 amide bonds. The van der Waals surface area contributed by atoms with E-state index < -0.39 is 29.7 Å². The van der Waals surface area contributed by atoms with Crippen molar-refractivity contribution < 1.29 is 24.4 Å². The lowest BCUT2D eigenvalue weighted by Gasteiger charge is -2.14. The quantitative estimate of drug-likeness (QED) is 0.667. The number of aromatic nitrogens is 2. The molecule has 2 aliphatic heterocycles. The zero-order valence-corrected chi connectivity index (χ0v) is 12.4. The first-order valence-electron chi connectivity index (χ1n) is 6.90. The molecule has 23 heavy (non-hydrogen) atoms. The Labute approximate surface area is 131 Å². The third-order valence-corrected chi connectivity index (χ3v) is 3.27. The highest BCUT2D eigenvalue weighted by Crippen LogP contribution is 2.27. The molecule has 0 spiro atoms. The number of hydrogen-bond acceptors (Lipinski definition) is 7. The van der Waals surface area contributed by atoms with Crippen molar-refractivity contribution in [1.82, 2.24) is 9.55 Å². The van der Waals surface area contributed by atoms with Crippen molar-refractivity contribution in [2.75, 3.05) is 6.61 Å². The molecule has 0 bridgehead atoms. The first-order valence-corrected chi connectivity index (χ1v) is 6.90. The van der Waals surface area contributed by atoms with Gasteiger partial charge in [-0.15, -0.1) is 0 Å². The summed E-state index contributed by atoms with van der Waals surface area (Å²) in [6.07, 6.45) is 5.25. The molecule has 9 heteroatoms. The van der Waals surface area contributed by atoms with Gasteiger partial charge in [0.2, 0.25) is 0 Å². The lowest BCUT2D eigenvalue weighted by Crippen LogP contribution is -2.33. The Bertz CT molecular complexity index is 671. The average molecular weight is 326 g/mol. The third-order valence-electron chi connectivity index (χ3n) is 3.27. The van der Waals surface area contributed by atoms with Crippen LogP contribution >= 0.6 is 0 Å². The van der Waals surface area contributed by atoms with Crippen LogP contribution in [0.25, 0.3) is 0 Å². The molecule has 1 saturated heterocycles. The second-order valence-electron chi connectivity index (χ2n) is 4.91. The lowest BCUT2D eigenvalue weighted by atomic mass is 10.2. The predicted molar refractivity (Wildman–Crippen MR) is 78.1 cm³/mol. The average Bonchev–Trinajstić information content (AvgIpc) is 2.94. The molecule has 2 aliphatic rings. The van der Waals surface area contributed by atoms with Crippen LogP contribution in [0.4, 0.5) is 0 Å². The summed E-state index contributed by atoms with van der Waals surface area (Å²) < 4.78 is 15.7. The predicted octanol–water partition coefficient (Wildman–Crippen LogP) is -0.539. The summed E-state index contributed by atoms with van der Waals surface area (Å²) >= 11 is 0. The van der Waals surface area contributed by atoms with Crippen LogP contribution in [-0.2, 0) is 14.2 Å². The van der Waals surface area contributed by atoms with E-state index in [4.69, 9.17) is 9.84 Å². The van der Waals surface area contributed by atoms with E-state index in [9.17, 15) is 14.7 Å². The van der Waals surface area contributed by atoms with Gasteiger partial charge in [0.1, 0.15) is 37.4 Å². The minimum Gasteiger partial charge on any atom is -0.466 e. The van der Waals surface area contributed by atoms with E-state index in [-0.39, 0.29) is 13.0 Å². The Hall–Kier alpha value is -2.36. The van der Waals surface area contributed by atoms with Crippen LogP contribution in [0.5, 0.6) is 0 Å². The fourth-order valence-electron chi connectivity index (χ4n) is 2.07. The van der Waals surface area contributed by atoms with Gasteiger partial charge in [0.05, 0.1) is 12.7 Å². The summed E-state index contributed by atoms with van der Waals surface area (Å²) in [5, 5.41) is 18.5. The smallest absolute Gasteiger partial charge is 0.330 e. The number of hydrogen-bond donors (Lipinski definition) is 3. The van der Waals surface area contributed by atoms with E-state index in [0.29, 0.717) is 5.56 Å². The van der Waals surface area contributed by atoms with E-state index in [2.05, 4.69) is 14.5 Å². The van der Waals surface area contributed by atoms with E-state index >= 15 is 0 Å². The van der Waals surface area contributed by atoms with E-state index in [1.54, 1.807) is 6.92 Å². The summed E-state index contributed by atoms with van der Waals surface area (Å²) in [4.78, 5) is 24.9. The Morgan fingerprint density at radius 1 is 1.26 bits per heavy atom. The van der Waals surface area contributed by atoms with Crippen molar-refractivity contribution in [3.8, 4) is 0 Å². The molecule has 3 atom stereocenters. The fraction of sp³-hybridized carbons (Fsp3) is 0.429. The number of aryl methyl sites for hydroxylation is 1. The fourth-order valence-corrected chi connectivity index (χ4v) is 2.07. The number of rotatable bonds is 2. The van der Waals surface area contributed by atoms with Gasteiger partial charge in [-0.05, 0) is 6.92 Å². The van der Waals surface area contributed by atoms with Crippen LogP contribution in [0.1, 0.15) is 18.2 Å². The number of aliphatic hydroxyl groups excluding tert-OH is 2. The molecule has 3 rings (SSSR count). The largest absolute Gasteiger partial charge is 0.466 e. The molecule has 0 unspecified atom stereocenters. The summed E-state index contributed by atoms with van der Waals surface area (Å²) in [6.45, 7) is 1.26. The number of nitrogens with one attached hydrogen (secondary N) is 1. The van der Waals surface area contributed by atoms with Crippen LogP contribution in [0.15, 0.2) is 40.8 Å². The van der Waals surface area contributed by atoms with Crippen molar-refractivity contribution in [2.24, 2.45) is 0 Å². The summed E-state index contributed by atoms with van der Waals surface area (Å²) in [7, 11) is 0. The molecular weight excluding hydrogens is 308 g/mol. The summed E-state index contributed by atoms with van der Waals surface area (Å²) in [5.74, 6) is 0. The number of nitrogens with zero attached hydrogens (tertiary/aromatic N) is 1. The normalized spacial score (nSPS) is 25.3. The zero-order chi connectivity index (χ0) is 16.8. The van der Waals surface area contributed by atoms with Crippen LogP contribution in [0.2, 0.25) is 0 Å². The van der Waals surface area contributed by atoms with Crippen molar-refractivity contribution in [2.45, 2.75) is 31.8 Å². The van der Waals surface area contributed by atoms with Gasteiger partial charge in [0, 0.05) is 18.2 Å². The first-order chi connectivity index (χ1) is 11.0. The molecule has 0 saturated carbocycles. The van der Waals surface area contributed by atoms with Crippen LogP contribution < -0.4 is 11.2 Å². The molecular formula is C14H18N2O7. The van der Waals surface area contributed by atoms with Gasteiger partial charge in [0.25, 0.3) is 5.56 Å². The molecule has 3 N–H and O–H groups in total. The van der Waals surface area contributed by atoms with E-state index in [1.165, 1.54) is 35.8 Å². The molecule has 0 radical (unpaired) electrons. The lowest BCUT2D eigenvalue weighted by molar-refractivity contribution is -0.0459. The SMILES string of the molecule is C1=COC=CO1.Cc1cn([C@H]2C[C@H](O)[C@@H](CO)O2)c(=O)[nH]c1=O. The molecule has 9 nitrogen and oxygen atoms in total. The summed E-state index contributed by atoms with van der Waals surface area (Å²) in [5.41, 5.74) is -0.643. The van der Waals surface area contributed by atoms with E-state index in [1.807, 2.05) is 0 Å². The van der Waals surface area contributed by atoms with Gasteiger partial charge >= 0.3 is 5.69 Å². The number of aliphatic hydroxyl groups is 2. The Morgan fingerprint density at radius 3 is 2.35 bits per heavy atom. The monoisotopic (exact) mass is 326 g/mol. The van der Waals surface area contributed by atoms with Crippen LogP contribution in [-0.4, -0.2) is 38.6 Å². The van der Waals surface area contributed by atoms with Crippen molar-refractivity contribution >= 4 is 0 Å². The highest BCUT2D eigenvalue weighted by Gasteiger charge is 2.34. The maximum Gasteiger partial charge on any atom is 0.330 e. The molecule has 1 aromatic rings. The molecule has 1 fully saturated rings. The second-order valence-corrected chi connectivity index (χ2v) is 4.91. The van der Waals surface area contributed by atoms with Gasteiger partial charge in [0.15, 0.2) is 0 Å². The van der Waals surface area contributed by atoms with E-state index in [0.717, 1.165) is 0 Å². The summed E-state index contributed by atoms with van der Waals surface area (Å²) in [6, 6.07) is 0. The molecule has 0 aliphatic carbocycles. The number of H-pyrrole nitrogens is 1. The third kappa shape index (κ3) is 4.31. The maximum absolute atomic E-state index is 11.6. The number of aromatic amines is 1. The van der Waals surface area contributed by atoms with Gasteiger partial charge in [-0.25, -0.2) is 4.79 Å². The molecule has 0 aromatic carbocycles. The molecule has 1 aromatic heterocycles. The Morgan fingerprint density at radius 2 is 1.87 bits per heavy atom. The minimum absolute atomic E-state index is 0.205. The number of ether oxygens (including phenoxy) is 3. The highest BCUT2D eigenvalue weighted by atomic mass is 16.5.